The first kappa shape index (κ1) is 10.6. The molecule has 0 aliphatic rings. The zero-order valence-corrected chi connectivity index (χ0v) is 8.49. The molecule has 0 atom stereocenters. The van der Waals surface area contributed by atoms with E-state index in [9.17, 15) is 9.59 Å². The molecule has 74 valence electrons. The largest absolute Gasteiger partial charge is 0.338 e. The van der Waals surface area contributed by atoms with E-state index >= 15 is 0 Å². The number of hydrogen-bond donors (Lipinski definition) is 2. The van der Waals surface area contributed by atoms with E-state index in [0.717, 1.165) is 4.31 Å². The molecular weight excluding hydrogens is 200 g/mol. The quantitative estimate of drug-likeness (QED) is 0.692. The number of nitrogens with zero attached hydrogens (tertiary/aromatic N) is 1. The molecule has 1 aromatic carbocycles. The number of hydrogen-bond acceptors (Lipinski definition) is 3. The van der Waals surface area contributed by atoms with Gasteiger partial charge in [0.15, 0.2) is 0 Å². The molecule has 0 radical (unpaired) electrons. The van der Waals surface area contributed by atoms with Crippen molar-refractivity contribution in [2.24, 2.45) is 0 Å². The fourth-order valence-electron chi connectivity index (χ4n) is 0.890. The topological polar surface area (TPSA) is 49.4 Å². The Kier molecular flexibility index (Phi) is 3.53. The molecule has 4 nitrogen and oxygen atoms in total. The lowest BCUT2D eigenvalue weighted by Crippen LogP contribution is -2.36. The van der Waals surface area contributed by atoms with Gasteiger partial charge in [0, 0.05) is 6.92 Å². The number of para-hydroxylation sites is 1. The molecule has 1 aromatic rings. The number of anilines is 1. The van der Waals surface area contributed by atoms with Crippen LogP contribution in [-0.2, 0) is 4.79 Å². The van der Waals surface area contributed by atoms with Gasteiger partial charge in [0.2, 0.25) is 5.91 Å². The average molecular weight is 210 g/mol. The van der Waals surface area contributed by atoms with E-state index in [4.69, 9.17) is 0 Å². The SMILES string of the molecule is CC(=O)NC(=O)N(S)c1ccccc1. The molecule has 0 unspecified atom stereocenters. The number of imide groups is 1. The van der Waals surface area contributed by atoms with Crippen molar-refractivity contribution in [3.8, 4) is 0 Å². The second-order valence-corrected chi connectivity index (χ2v) is 3.03. The lowest BCUT2D eigenvalue weighted by molar-refractivity contribution is -0.117. The van der Waals surface area contributed by atoms with Crippen LogP contribution in [0.3, 0.4) is 0 Å². The van der Waals surface area contributed by atoms with Crippen molar-refractivity contribution in [3.05, 3.63) is 30.3 Å². The van der Waals surface area contributed by atoms with Gasteiger partial charge in [0.25, 0.3) is 0 Å². The molecule has 0 fully saturated rings. The molecular formula is C9H10N2O2S. The molecule has 1 N–H and O–H groups in total. The Morgan fingerprint density at radius 2 is 1.86 bits per heavy atom. The summed E-state index contributed by atoms with van der Waals surface area (Å²) in [5, 5.41) is 2.11. The second kappa shape index (κ2) is 4.66. The van der Waals surface area contributed by atoms with E-state index < -0.39 is 11.9 Å². The highest BCUT2D eigenvalue weighted by Gasteiger charge is 2.11. The van der Waals surface area contributed by atoms with Crippen LogP contribution >= 0.6 is 12.8 Å². The van der Waals surface area contributed by atoms with Gasteiger partial charge in [-0.1, -0.05) is 31.0 Å². The monoisotopic (exact) mass is 210 g/mol. The molecule has 0 spiro atoms. The number of nitrogens with one attached hydrogen (secondary N) is 1. The summed E-state index contributed by atoms with van der Waals surface area (Å²) in [6.07, 6.45) is 0. The number of benzene rings is 1. The standard InChI is InChI=1S/C9H10N2O2S/c1-7(12)10-9(13)11(14)8-5-3-2-4-6-8/h2-6,14H,1H3,(H,10,12,13). The maximum Gasteiger partial charge on any atom is 0.338 e. The van der Waals surface area contributed by atoms with E-state index in [2.05, 4.69) is 18.1 Å². The minimum Gasteiger partial charge on any atom is -0.277 e. The minimum atomic E-state index is -0.563. The van der Waals surface area contributed by atoms with Crippen molar-refractivity contribution in [2.45, 2.75) is 6.92 Å². The number of carbonyl (C=O) groups is 2. The highest BCUT2D eigenvalue weighted by Crippen LogP contribution is 2.14. The van der Waals surface area contributed by atoms with Crippen LogP contribution in [0, 0.1) is 0 Å². The molecule has 0 saturated carbocycles. The van der Waals surface area contributed by atoms with Crippen LogP contribution in [0.1, 0.15) is 6.92 Å². The first-order valence-electron chi connectivity index (χ1n) is 3.97. The molecule has 5 heteroatoms. The molecule has 0 aromatic heterocycles. The average Bonchev–Trinajstić information content (AvgIpc) is 2.17. The number of rotatable bonds is 1. The van der Waals surface area contributed by atoms with Gasteiger partial charge in [0.05, 0.1) is 5.69 Å². The number of urea groups is 1. The molecule has 0 bridgehead atoms. The van der Waals surface area contributed by atoms with Crippen LogP contribution in [0.4, 0.5) is 10.5 Å². The molecule has 0 saturated heterocycles. The van der Waals surface area contributed by atoms with Crippen molar-refractivity contribution in [1.82, 2.24) is 5.32 Å². The summed E-state index contributed by atoms with van der Waals surface area (Å²) in [5.41, 5.74) is 0.606. The van der Waals surface area contributed by atoms with Crippen LogP contribution in [-0.4, -0.2) is 11.9 Å². The highest BCUT2D eigenvalue weighted by molar-refractivity contribution is 7.82. The fraction of sp³-hybridized carbons (Fsp3) is 0.111. The summed E-state index contributed by atoms with van der Waals surface area (Å²) >= 11 is 3.96. The highest BCUT2D eigenvalue weighted by atomic mass is 32.1. The van der Waals surface area contributed by atoms with Gasteiger partial charge < -0.3 is 0 Å². The predicted molar refractivity (Wildman–Crippen MR) is 57.1 cm³/mol. The Morgan fingerprint density at radius 1 is 1.29 bits per heavy atom. The molecule has 0 aliphatic carbocycles. The van der Waals surface area contributed by atoms with E-state index in [0.29, 0.717) is 5.69 Å². The van der Waals surface area contributed by atoms with Gasteiger partial charge in [-0.05, 0) is 12.1 Å². The van der Waals surface area contributed by atoms with Gasteiger partial charge >= 0.3 is 6.03 Å². The van der Waals surface area contributed by atoms with Gasteiger partial charge in [-0.15, -0.1) is 0 Å². The maximum absolute atomic E-state index is 11.3. The summed E-state index contributed by atoms with van der Waals surface area (Å²) in [6, 6.07) is 8.25. The van der Waals surface area contributed by atoms with Crippen LogP contribution in [0.2, 0.25) is 0 Å². The molecule has 0 aliphatic heterocycles. The maximum atomic E-state index is 11.3. The smallest absolute Gasteiger partial charge is 0.277 e. The van der Waals surface area contributed by atoms with E-state index in [1.807, 2.05) is 6.07 Å². The van der Waals surface area contributed by atoms with Gasteiger partial charge in [0.1, 0.15) is 0 Å². The summed E-state index contributed by atoms with van der Waals surface area (Å²) in [7, 11) is 0. The van der Waals surface area contributed by atoms with Crippen LogP contribution in [0.25, 0.3) is 0 Å². The molecule has 14 heavy (non-hydrogen) atoms. The van der Waals surface area contributed by atoms with E-state index in [1.54, 1.807) is 24.3 Å². The Bertz CT molecular complexity index is 340. The predicted octanol–water partition coefficient (Wildman–Crippen LogP) is 1.59. The Hall–Kier alpha value is -1.49. The third-order valence-electron chi connectivity index (χ3n) is 1.48. The van der Waals surface area contributed by atoms with Gasteiger partial charge in [-0.3, -0.25) is 10.1 Å². The Morgan fingerprint density at radius 3 is 2.36 bits per heavy atom. The Labute approximate surface area is 87.4 Å². The minimum absolute atomic E-state index is 0.412. The summed E-state index contributed by atoms with van der Waals surface area (Å²) in [6.45, 7) is 1.27. The lowest BCUT2D eigenvalue weighted by atomic mass is 10.3. The third-order valence-corrected chi connectivity index (χ3v) is 1.89. The van der Waals surface area contributed by atoms with E-state index in [-0.39, 0.29) is 0 Å². The third kappa shape index (κ3) is 2.77. The van der Waals surface area contributed by atoms with Crippen LogP contribution < -0.4 is 9.62 Å². The van der Waals surface area contributed by atoms with Crippen LogP contribution in [0.15, 0.2) is 30.3 Å². The second-order valence-electron chi connectivity index (χ2n) is 2.63. The normalized spacial score (nSPS) is 9.29. The van der Waals surface area contributed by atoms with Crippen molar-refractivity contribution in [1.29, 1.82) is 0 Å². The molecule has 1 rings (SSSR count). The van der Waals surface area contributed by atoms with Crippen molar-refractivity contribution >= 4 is 30.4 Å². The zero-order valence-electron chi connectivity index (χ0n) is 7.60. The van der Waals surface area contributed by atoms with E-state index in [1.165, 1.54) is 6.92 Å². The number of carbonyl (C=O) groups excluding carboxylic acids is 2. The summed E-state index contributed by atoms with van der Waals surface area (Å²) in [5.74, 6) is -0.412. The molecule has 0 heterocycles. The molecule has 3 amide bonds. The summed E-state index contributed by atoms with van der Waals surface area (Å²) < 4.78 is 1.07. The van der Waals surface area contributed by atoms with Crippen molar-refractivity contribution < 1.29 is 9.59 Å². The van der Waals surface area contributed by atoms with Crippen molar-refractivity contribution in [3.63, 3.8) is 0 Å². The van der Waals surface area contributed by atoms with Crippen molar-refractivity contribution in [2.75, 3.05) is 4.31 Å². The number of thiol groups is 1. The Balaban J connectivity index is 2.71. The summed E-state index contributed by atoms with van der Waals surface area (Å²) in [4.78, 5) is 21.9. The lowest BCUT2D eigenvalue weighted by Gasteiger charge is -2.14. The van der Waals surface area contributed by atoms with Crippen LogP contribution in [0.5, 0.6) is 0 Å². The zero-order chi connectivity index (χ0) is 10.6. The van der Waals surface area contributed by atoms with Gasteiger partial charge in [-0.25, -0.2) is 9.10 Å². The van der Waals surface area contributed by atoms with Gasteiger partial charge in [-0.2, -0.15) is 0 Å². The first-order chi connectivity index (χ1) is 6.61. The first-order valence-corrected chi connectivity index (χ1v) is 4.37. The fourth-order valence-corrected chi connectivity index (χ4v) is 1.07. The number of amides is 3.